The summed E-state index contributed by atoms with van der Waals surface area (Å²) in [5.74, 6) is 0. The summed E-state index contributed by atoms with van der Waals surface area (Å²) in [6.07, 6.45) is 0. The summed E-state index contributed by atoms with van der Waals surface area (Å²) in [7, 11) is 1.86. The number of hydrogen-bond acceptors (Lipinski definition) is 1. The Morgan fingerprint density at radius 1 is 1.00 bits per heavy atom. The molecule has 0 spiro atoms. The molecular weight excluding hydrogens is 144 g/mol. The van der Waals surface area contributed by atoms with E-state index in [-0.39, 0.29) is 36.6 Å². The van der Waals surface area contributed by atoms with Crippen molar-refractivity contribution in [3.8, 4) is 0 Å². The Kier molecular flexibility index (Phi) is 164. The van der Waals surface area contributed by atoms with Gasteiger partial charge in [0.2, 0.25) is 0 Å². The van der Waals surface area contributed by atoms with Crippen molar-refractivity contribution in [2.24, 2.45) is 0 Å². The van der Waals surface area contributed by atoms with Crippen LogP contribution in [-0.4, -0.2) is 21.0 Å². The first kappa shape index (κ1) is 27.5. The predicted molar refractivity (Wildman–Crippen MR) is 33.8 cm³/mol. The second-order valence-electron chi connectivity index (χ2n) is 0.408. The summed E-state index contributed by atoms with van der Waals surface area (Å²) in [6.45, 7) is 0. The fourth-order valence-electron chi connectivity index (χ4n) is 0. The Labute approximate surface area is 61.8 Å². The van der Waals surface area contributed by atoms with Gasteiger partial charge in [0.1, 0.15) is 21.0 Å². The molecule has 0 radical (unpaired) electrons. The van der Waals surface area contributed by atoms with Gasteiger partial charge < -0.3 is 19.0 Å². The summed E-state index contributed by atoms with van der Waals surface area (Å²) in [6, 6.07) is 0. The van der Waals surface area contributed by atoms with E-state index in [0.717, 1.165) is 21.0 Å². The van der Waals surface area contributed by atoms with Crippen LogP contribution >= 0.6 is 0 Å². The van der Waals surface area contributed by atoms with Crippen LogP contribution in [0, 0.1) is 14.9 Å². The van der Waals surface area contributed by atoms with E-state index < -0.39 is 0 Å². The fraction of sp³-hybridized carbons (Fsp3) is 0. The zero-order valence-electron chi connectivity index (χ0n) is 4.91. The van der Waals surface area contributed by atoms with E-state index in [1.54, 1.807) is 0 Å². The Bertz CT molecular complexity index is 11.5. The van der Waals surface area contributed by atoms with E-state index in [0.29, 0.717) is 0 Å². The van der Waals surface area contributed by atoms with Gasteiger partial charge in [0.05, 0.1) is 0 Å². The first-order valence-corrected chi connectivity index (χ1v) is 2.45. The average molecular weight is 156 g/mol. The van der Waals surface area contributed by atoms with Gasteiger partial charge in [0, 0.05) is 0 Å². The molecule has 0 aliphatic heterocycles. The van der Waals surface area contributed by atoms with Crippen LogP contribution in [-0.2, 0) is 25.8 Å². The molecule has 0 aromatic heterocycles. The molecule has 4 heteroatoms. The maximum Gasteiger partial charge on any atom is 2.00 e. The molecular formula is C2H12OSi2Ti. The largest absolute Gasteiger partial charge is 2.00 e. The van der Waals surface area contributed by atoms with Crippen molar-refractivity contribution < 1.29 is 25.8 Å². The van der Waals surface area contributed by atoms with Crippen molar-refractivity contribution in [1.29, 1.82) is 0 Å². The van der Waals surface area contributed by atoms with Gasteiger partial charge in [-0.2, -0.15) is 0 Å². The molecule has 0 bridgehead atoms. The van der Waals surface area contributed by atoms with Crippen LogP contribution in [0.2, 0.25) is 0 Å². The van der Waals surface area contributed by atoms with E-state index in [4.69, 9.17) is 0 Å². The van der Waals surface area contributed by atoms with Gasteiger partial charge in [0.15, 0.2) is 0 Å². The molecule has 0 saturated heterocycles. The molecule has 0 rings (SSSR count). The molecule has 0 fully saturated rings. The zero-order valence-corrected chi connectivity index (χ0v) is 10.5. The van der Waals surface area contributed by atoms with Crippen molar-refractivity contribution in [1.82, 2.24) is 0 Å². The van der Waals surface area contributed by atoms with Crippen molar-refractivity contribution >= 4 is 21.0 Å². The summed E-state index contributed by atoms with van der Waals surface area (Å²) in [5, 5.41) is 0. The van der Waals surface area contributed by atoms with Crippen LogP contribution in [0.25, 0.3) is 0 Å². The molecule has 0 N–H and O–H groups in total. The monoisotopic (exact) mass is 156 g/mol. The Morgan fingerprint density at radius 3 is 1.00 bits per heavy atom. The third kappa shape index (κ3) is 70.2. The second-order valence-corrected chi connectivity index (χ2v) is 3.67. The van der Waals surface area contributed by atoms with Crippen LogP contribution in [0.15, 0.2) is 0 Å². The van der Waals surface area contributed by atoms with Crippen molar-refractivity contribution in [3.05, 3.63) is 14.9 Å². The molecule has 0 atom stereocenters. The van der Waals surface area contributed by atoms with E-state index in [2.05, 4.69) is 4.12 Å². The van der Waals surface area contributed by atoms with Crippen molar-refractivity contribution in [2.45, 2.75) is 0 Å². The molecule has 6 heavy (non-hydrogen) atoms. The standard InChI is InChI=1S/2CH3.H6OSi2.Ti/c;;2-1-3;/h2*1H3;2-3H3;/q2*-1;;+2. The fourth-order valence-corrected chi connectivity index (χ4v) is 0. The minimum Gasteiger partial charge on any atom is -0.471 e. The molecule has 0 unspecified atom stereocenters. The van der Waals surface area contributed by atoms with Gasteiger partial charge in [-0.3, -0.25) is 0 Å². The Hall–Kier alpha value is 1.11. The molecule has 0 aliphatic carbocycles. The van der Waals surface area contributed by atoms with Crippen LogP contribution in [0.5, 0.6) is 0 Å². The quantitative estimate of drug-likeness (QED) is 0.305. The van der Waals surface area contributed by atoms with Gasteiger partial charge in [-0.1, -0.05) is 0 Å². The van der Waals surface area contributed by atoms with Crippen LogP contribution in [0.4, 0.5) is 0 Å². The molecule has 0 aromatic rings. The molecule has 0 amide bonds. The zero-order chi connectivity index (χ0) is 2.71. The predicted octanol–water partition coefficient (Wildman–Crippen LogP) is -1.54. The number of rotatable bonds is 0. The summed E-state index contributed by atoms with van der Waals surface area (Å²) >= 11 is 0. The van der Waals surface area contributed by atoms with E-state index in [9.17, 15) is 0 Å². The average Bonchev–Trinajstić information content (AvgIpc) is 0.918. The van der Waals surface area contributed by atoms with Crippen LogP contribution in [0.1, 0.15) is 0 Å². The topological polar surface area (TPSA) is 9.23 Å². The van der Waals surface area contributed by atoms with Gasteiger partial charge in [-0.05, 0) is 0 Å². The van der Waals surface area contributed by atoms with Crippen molar-refractivity contribution in [3.63, 3.8) is 0 Å². The Morgan fingerprint density at radius 2 is 1.00 bits per heavy atom. The van der Waals surface area contributed by atoms with Crippen molar-refractivity contribution in [2.75, 3.05) is 0 Å². The normalized spacial score (nSPS) is 4.00. The van der Waals surface area contributed by atoms with Gasteiger partial charge in [-0.15, -0.1) is 0 Å². The SMILES string of the molecule is [CH3-].[CH3-].[SiH3]O[SiH3].[Ti+2]. The summed E-state index contributed by atoms with van der Waals surface area (Å²) < 4.78 is 4.53. The number of hydrogen-bond donors (Lipinski definition) is 0. The maximum absolute atomic E-state index is 4.53. The molecule has 0 heterocycles. The third-order valence-electron chi connectivity index (χ3n) is 0. The minimum atomic E-state index is 0. The maximum atomic E-state index is 4.53. The van der Waals surface area contributed by atoms with Crippen LogP contribution in [0.3, 0.4) is 0 Å². The molecule has 0 aromatic carbocycles. The second kappa shape index (κ2) is 35.9. The molecule has 1 nitrogen and oxygen atoms in total. The van der Waals surface area contributed by atoms with Crippen LogP contribution < -0.4 is 0 Å². The van der Waals surface area contributed by atoms with E-state index in [1.165, 1.54) is 0 Å². The first-order chi connectivity index (χ1) is 1.41. The Balaban J connectivity index is -0.00000000667. The smallest absolute Gasteiger partial charge is 0.471 e. The van der Waals surface area contributed by atoms with Gasteiger partial charge >= 0.3 is 21.7 Å². The third-order valence-corrected chi connectivity index (χ3v) is 0. The van der Waals surface area contributed by atoms with E-state index in [1.807, 2.05) is 0 Å². The molecule has 0 aliphatic rings. The van der Waals surface area contributed by atoms with E-state index >= 15 is 0 Å². The summed E-state index contributed by atoms with van der Waals surface area (Å²) in [5.41, 5.74) is 0. The summed E-state index contributed by atoms with van der Waals surface area (Å²) in [4.78, 5) is 0. The molecule has 0 saturated carbocycles. The van der Waals surface area contributed by atoms with Gasteiger partial charge in [0.25, 0.3) is 0 Å². The molecule has 38 valence electrons. The minimum absolute atomic E-state index is 0. The first-order valence-electron chi connectivity index (χ1n) is 0.816. The van der Waals surface area contributed by atoms with Gasteiger partial charge in [-0.25, -0.2) is 0 Å².